The Balaban J connectivity index is 2.61. The number of phenols is 1. The number of fused-ring (bicyclic) bond motifs is 1. The number of rotatable bonds is 1. The number of benzene rings is 1. The Kier molecular flexibility index (Phi) is 2.48. The number of aliphatic hydroxyl groups excluding tert-OH is 1. The highest BCUT2D eigenvalue weighted by Gasteiger charge is 2.47. The van der Waals surface area contributed by atoms with E-state index in [-0.39, 0.29) is 22.8 Å². The summed E-state index contributed by atoms with van der Waals surface area (Å²) in [6, 6.07) is 2.64. The number of methoxy groups -OCH3 is 1. The topological polar surface area (TPSA) is 96.2 Å². The number of carbonyl (C=O) groups is 1. The van der Waals surface area contributed by atoms with Gasteiger partial charge < -0.3 is 24.8 Å². The van der Waals surface area contributed by atoms with Crippen LogP contribution in [0.2, 0.25) is 0 Å². The van der Waals surface area contributed by atoms with Crippen LogP contribution in [0.1, 0.15) is 18.6 Å². The van der Waals surface area contributed by atoms with Crippen LogP contribution >= 0.6 is 0 Å². The minimum atomic E-state index is -2.05. The highest BCUT2D eigenvalue weighted by atomic mass is 16.6. The largest absolute Gasteiger partial charge is 0.504 e. The van der Waals surface area contributed by atoms with Crippen LogP contribution in [-0.4, -0.2) is 34.0 Å². The van der Waals surface area contributed by atoms with Crippen molar-refractivity contribution in [3.8, 4) is 17.2 Å². The Morgan fingerprint density at radius 1 is 1.47 bits per heavy atom. The van der Waals surface area contributed by atoms with E-state index in [0.717, 1.165) is 6.92 Å². The predicted octanol–water partition coefficient (Wildman–Crippen LogP) is 0.104. The second-order valence-electron chi connectivity index (χ2n) is 4.00. The average Bonchev–Trinajstić information content (AvgIpc) is 2.28. The molecular formula is C11H12O6. The molecule has 0 spiro atoms. The first-order valence-electron chi connectivity index (χ1n) is 4.91. The molecular weight excluding hydrogens is 228 g/mol. The second-order valence-corrected chi connectivity index (χ2v) is 4.00. The summed E-state index contributed by atoms with van der Waals surface area (Å²) in [6.45, 7) is 1.14. The van der Waals surface area contributed by atoms with Crippen molar-refractivity contribution >= 4 is 5.97 Å². The van der Waals surface area contributed by atoms with E-state index in [4.69, 9.17) is 9.47 Å². The van der Waals surface area contributed by atoms with Gasteiger partial charge in [0, 0.05) is 11.6 Å². The molecule has 1 aliphatic rings. The van der Waals surface area contributed by atoms with Gasteiger partial charge in [-0.15, -0.1) is 0 Å². The fraction of sp³-hybridized carbons (Fsp3) is 0.364. The Morgan fingerprint density at radius 3 is 2.71 bits per heavy atom. The summed E-state index contributed by atoms with van der Waals surface area (Å²) < 4.78 is 9.70. The van der Waals surface area contributed by atoms with Crippen molar-refractivity contribution in [2.75, 3.05) is 7.11 Å². The molecule has 1 heterocycles. The fourth-order valence-electron chi connectivity index (χ4n) is 1.65. The summed E-state index contributed by atoms with van der Waals surface area (Å²) in [6.07, 6.45) is -1.49. The fourth-order valence-corrected chi connectivity index (χ4v) is 1.65. The van der Waals surface area contributed by atoms with Crippen LogP contribution in [0, 0.1) is 0 Å². The Bertz CT molecular complexity index is 479. The normalized spacial score (nSPS) is 27.3. The molecule has 17 heavy (non-hydrogen) atoms. The number of aromatic hydroxyl groups is 1. The van der Waals surface area contributed by atoms with Crippen molar-refractivity contribution in [3.63, 3.8) is 0 Å². The van der Waals surface area contributed by atoms with Crippen molar-refractivity contribution in [1.82, 2.24) is 0 Å². The van der Waals surface area contributed by atoms with Crippen molar-refractivity contribution in [2.24, 2.45) is 0 Å². The van der Waals surface area contributed by atoms with E-state index in [2.05, 4.69) is 0 Å². The number of hydrogen-bond acceptors (Lipinski definition) is 6. The van der Waals surface area contributed by atoms with Crippen LogP contribution in [0.25, 0.3) is 0 Å². The summed E-state index contributed by atoms with van der Waals surface area (Å²) in [5, 5.41) is 29.3. The number of phenolic OH excluding ortho intramolecular Hbond substituents is 1. The highest BCUT2D eigenvalue weighted by molar-refractivity contribution is 5.85. The van der Waals surface area contributed by atoms with Crippen LogP contribution in [0.15, 0.2) is 12.1 Å². The molecule has 0 fully saturated rings. The SMILES string of the molecule is COc1cc(O)c2c(c1)C(O)C(C)(O)C(=O)O2. The lowest BCUT2D eigenvalue weighted by Crippen LogP contribution is -2.47. The Morgan fingerprint density at radius 2 is 2.12 bits per heavy atom. The van der Waals surface area contributed by atoms with E-state index < -0.39 is 17.7 Å². The zero-order valence-electron chi connectivity index (χ0n) is 9.30. The van der Waals surface area contributed by atoms with Gasteiger partial charge in [-0.3, -0.25) is 0 Å². The maximum atomic E-state index is 11.4. The van der Waals surface area contributed by atoms with Crippen molar-refractivity contribution in [2.45, 2.75) is 18.6 Å². The minimum absolute atomic E-state index is 0.103. The first kappa shape index (κ1) is 11.7. The molecule has 0 saturated heterocycles. The van der Waals surface area contributed by atoms with Gasteiger partial charge in [0.25, 0.3) is 0 Å². The molecule has 0 amide bonds. The summed E-state index contributed by atoms with van der Waals surface area (Å²) in [5.41, 5.74) is -1.95. The molecule has 3 N–H and O–H groups in total. The molecule has 6 nitrogen and oxygen atoms in total. The molecule has 6 heteroatoms. The third kappa shape index (κ3) is 1.62. The van der Waals surface area contributed by atoms with Gasteiger partial charge in [-0.1, -0.05) is 0 Å². The minimum Gasteiger partial charge on any atom is -0.504 e. The number of hydrogen-bond donors (Lipinski definition) is 3. The monoisotopic (exact) mass is 240 g/mol. The molecule has 1 aliphatic heterocycles. The summed E-state index contributed by atoms with van der Waals surface area (Å²) in [7, 11) is 1.39. The molecule has 1 aromatic rings. The van der Waals surface area contributed by atoms with Crippen LogP contribution in [0.5, 0.6) is 17.2 Å². The van der Waals surface area contributed by atoms with Gasteiger partial charge >= 0.3 is 5.97 Å². The van der Waals surface area contributed by atoms with Gasteiger partial charge in [-0.2, -0.15) is 0 Å². The van der Waals surface area contributed by atoms with E-state index >= 15 is 0 Å². The Labute approximate surface area is 97.0 Å². The van der Waals surface area contributed by atoms with Crippen LogP contribution < -0.4 is 9.47 Å². The predicted molar refractivity (Wildman–Crippen MR) is 55.9 cm³/mol. The molecule has 92 valence electrons. The third-order valence-electron chi connectivity index (χ3n) is 2.74. The van der Waals surface area contributed by atoms with E-state index in [1.165, 1.54) is 19.2 Å². The molecule has 2 rings (SSSR count). The molecule has 0 radical (unpaired) electrons. The zero-order valence-corrected chi connectivity index (χ0v) is 9.30. The summed E-state index contributed by atoms with van der Waals surface area (Å²) >= 11 is 0. The third-order valence-corrected chi connectivity index (χ3v) is 2.74. The van der Waals surface area contributed by atoms with Crippen molar-refractivity contribution in [3.05, 3.63) is 17.7 Å². The first-order chi connectivity index (χ1) is 7.87. The molecule has 2 atom stereocenters. The van der Waals surface area contributed by atoms with Gasteiger partial charge in [0.15, 0.2) is 17.1 Å². The molecule has 2 unspecified atom stereocenters. The second kappa shape index (κ2) is 3.61. The van der Waals surface area contributed by atoms with Gasteiger partial charge in [0.2, 0.25) is 0 Å². The van der Waals surface area contributed by atoms with Gasteiger partial charge in [0.05, 0.1) is 7.11 Å². The standard InChI is InChI=1S/C11H12O6/c1-11(15)9(13)6-3-5(16-2)4-7(12)8(6)17-10(11)14/h3-4,9,12-13,15H,1-2H3. The van der Waals surface area contributed by atoms with Crippen LogP contribution in [-0.2, 0) is 4.79 Å². The smallest absolute Gasteiger partial charge is 0.346 e. The molecule has 0 bridgehead atoms. The average molecular weight is 240 g/mol. The molecule has 0 aromatic heterocycles. The van der Waals surface area contributed by atoms with Crippen LogP contribution in [0.4, 0.5) is 0 Å². The Hall–Kier alpha value is -1.79. The number of carbonyl (C=O) groups excluding carboxylic acids is 1. The number of aliphatic hydroxyl groups is 2. The molecule has 0 saturated carbocycles. The maximum Gasteiger partial charge on any atom is 0.346 e. The highest BCUT2D eigenvalue weighted by Crippen LogP contribution is 2.45. The van der Waals surface area contributed by atoms with Crippen molar-refractivity contribution in [1.29, 1.82) is 0 Å². The molecule has 0 aliphatic carbocycles. The van der Waals surface area contributed by atoms with E-state index in [9.17, 15) is 20.1 Å². The van der Waals surface area contributed by atoms with Crippen molar-refractivity contribution < 1.29 is 29.6 Å². The zero-order chi connectivity index (χ0) is 12.8. The van der Waals surface area contributed by atoms with Crippen LogP contribution in [0.3, 0.4) is 0 Å². The van der Waals surface area contributed by atoms with E-state index in [1.54, 1.807) is 0 Å². The van der Waals surface area contributed by atoms with E-state index in [0.29, 0.717) is 0 Å². The van der Waals surface area contributed by atoms with Gasteiger partial charge in [0.1, 0.15) is 11.9 Å². The number of esters is 1. The maximum absolute atomic E-state index is 11.4. The lowest BCUT2D eigenvalue weighted by atomic mass is 9.89. The first-order valence-corrected chi connectivity index (χ1v) is 4.91. The summed E-state index contributed by atoms with van der Waals surface area (Å²) in [5.74, 6) is -1.22. The summed E-state index contributed by atoms with van der Waals surface area (Å²) in [4.78, 5) is 11.4. The van der Waals surface area contributed by atoms with E-state index in [1.807, 2.05) is 0 Å². The number of ether oxygens (including phenoxy) is 2. The van der Waals surface area contributed by atoms with Gasteiger partial charge in [-0.05, 0) is 13.0 Å². The quantitative estimate of drug-likeness (QED) is 0.476. The lowest BCUT2D eigenvalue weighted by molar-refractivity contribution is -0.170. The molecule has 1 aromatic carbocycles. The lowest BCUT2D eigenvalue weighted by Gasteiger charge is -2.33. The van der Waals surface area contributed by atoms with Gasteiger partial charge in [-0.25, -0.2) is 4.79 Å².